The molecule has 0 radical (unpaired) electrons. The summed E-state index contributed by atoms with van der Waals surface area (Å²) in [4.78, 5) is 2.72. The summed E-state index contributed by atoms with van der Waals surface area (Å²) in [6.45, 7) is 10.4. The molecule has 1 fully saturated rings. The fourth-order valence-electron chi connectivity index (χ4n) is 3.41. The van der Waals surface area contributed by atoms with Crippen molar-refractivity contribution in [3.05, 3.63) is 35.9 Å². The van der Waals surface area contributed by atoms with Crippen LogP contribution in [0.2, 0.25) is 0 Å². The van der Waals surface area contributed by atoms with Gasteiger partial charge in [0.15, 0.2) is 0 Å². The number of hydrogen-bond donors (Lipinski definition) is 1. The number of nitrogens with zero attached hydrogens (tertiary/aromatic N) is 1. The van der Waals surface area contributed by atoms with E-state index in [4.69, 9.17) is 0 Å². The van der Waals surface area contributed by atoms with Crippen molar-refractivity contribution >= 4 is 0 Å². The minimum Gasteiger partial charge on any atom is -0.311 e. The Balaban J connectivity index is 2.08. The number of benzene rings is 1. The zero-order valence-electron chi connectivity index (χ0n) is 14.1. The van der Waals surface area contributed by atoms with Crippen LogP contribution in [-0.4, -0.2) is 30.6 Å². The first kappa shape index (κ1) is 16.5. The van der Waals surface area contributed by atoms with Crippen molar-refractivity contribution in [1.29, 1.82) is 0 Å². The number of piperazine rings is 1. The Kier molecular flexibility index (Phi) is 6.25. The third kappa shape index (κ3) is 4.08. The molecule has 2 atom stereocenters. The third-order valence-electron chi connectivity index (χ3n) is 5.04. The van der Waals surface area contributed by atoms with E-state index in [1.54, 1.807) is 0 Å². The van der Waals surface area contributed by atoms with Crippen LogP contribution in [0.5, 0.6) is 0 Å². The van der Waals surface area contributed by atoms with Gasteiger partial charge in [-0.1, -0.05) is 63.4 Å². The van der Waals surface area contributed by atoms with Crippen LogP contribution in [0.1, 0.15) is 58.4 Å². The lowest BCUT2D eigenvalue weighted by atomic mass is 9.86. The van der Waals surface area contributed by atoms with Crippen LogP contribution in [0.3, 0.4) is 0 Å². The van der Waals surface area contributed by atoms with Crippen LogP contribution in [0.15, 0.2) is 30.3 Å². The van der Waals surface area contributed by atoms with E-state index < -0.39 is 0 Å². The molecule has 1 heterocycles. The standard InChI is InChI=1S/C19H32N2/c1-4-6-7-11-14-21-15-18(5-2)20-16-19(21,3)17-12-9-8-10-13-17/h8-10,12-13,18,20H,4-7,11,14-16H2,1-3H3. The van der Waals surface area contributed by atoms with Gasteiger partial charge in [-0.2, -0.15) is 0 Å². The van der Waals surface area contributed by atoms with E-state index in [-0.39, 0.29) is 5.54 Å². The average Bonchev–Trinajstić information content (AvgIpc) is 2.54. The Hall–Kier alpha value is -0.860. The molecule has 0 spiro atoms. The van der Waals surface area contributed by atoms with E-state index >= 15 is 0 Å². The lowest BCUT2D eigenvalue weighted by Crippen LogP contribution is -2.61. The Morgan fingerprint density at radius 1 is 1.14 bits per heavy atom. The third-order valence-corrected chi connectivity index (χ3v) is 5.04. The maximum Gasteiger partial charge on any atom is 0.0558 e. The van der Waals surface area contributed by atoms with Gasteiger partial charge in [0.25, 0.3) is 0 Å². The number of unbranched alkanes of at least 4 members (excludes halogenated alkanes) is 3. The molecule has 2 unspecified atom stereocenters. The van der Waals surface area contributed by atoms with Gasteiger partial charge in [0, 0.05) is 19.1 Å². The van der Waals surface area contributed by atoms with Crippen LogP contribution in [-0.2, 0) is 5.54 Å². The molecule has 2 heteroatoms. The zero-order valence-corrected chi connectivity index (χ0v) is 14.1. The summed E-state index contributed by atoms with van der Waals surface area (Å²) in [6.07, 6.45) is 6.59. The van der Waals surface area contributed by atoms with Gasteiger partial charge < -0.3 is 5.32 Å². The Morgan fingerprint density at radius 2 is 1.90 bits per heavy atom. The van der Waals surface area contributed by atoms with E-state index in [2.05, 4.69) is 61.3 Å². The zero-order chi connectivity index (χ0) is 15.1. The molecule has 21 heavy (non-hydrogen) atoms. The minimum absolute atomic E-state index is 0.138. The summed E-state index contributed by atoms with van der Waals surface area (Å²) in [5, 5.41) is 3.75. The number of rotatable bonds is 7. The molecule has 0 saturated carbocycles. The van der Waals surface area contributed by atoms with Gasteiger partial charge in [0.1, 0.15) is 0 Å². The average molecular weight is 288 g/mol. The molecular formula is C19H32N2. The molecule has 118 valence electrons. The van der Waals surface area contributed by atoms with E-state index in [0.717, 1.165) is 6.54 Å². The fourth-order valence-corrected chi connectivity index (χ4v) is 3.41. The molecule has 1 saturated heterocycles. The van der Waals surface area contributed by atoms with Crippen molar-refractivity contribution in [1.82, 2.24) is 10.2 Å². The second-order valence-electron chi connectivity index (χ2n) is 6.63. The van der Waals surface area contributed by atoms with Crippen molar-refractivity contribution in [3.8, 4) is 0 Å². The second-order valence-corrected chi connectivity index (χ2v) is 6.63. The molecule has 0 aromatic heterocycles. The molecule has 1 aliphatic heterocycles. The largest absolute Gasteiger partial charge is 0.311 e. The van der Waals surface area contributed by atoms with Crippen LogP contribution in [0.25, 0.3) is 0 Å². The molecule has 1 N–H and O–H groups in total. The molecule has 1 aliphatic rings. The molecule has 2 nitrogen and oxygen atoms in total. The summed E-state index contributed by atoms with van der Waals surface area (Å²) in [5.41, 5.74) is 1.58. The molecule has 1 aromatic carbocycles. The van der Waals surface area contributed by atoms with Gasteiger partial charge in [0.2, 0.25) is 0 Å². The van der Waals surface area contributed by atoms with E-state index in [1.165, 1.54) is 50.8 Å². The quantitative estimate of drug-likeness (QED) is 0.758. The molecule has 1 aromatic rings. The van der Waals surface area contributed by atoms with Crippen molar-refractivity contribution in [2.24, 2.45) is 0 Å². The van der Waals surface area contributed by atoms with Crippen molar-refractivity contribution in [2.45, 2.75) is 64.5 Å². The fraction of sp³-hybridized carbons (Fsp3) is 0.684. The first-order valence-electron chi connectivity index (χ1n) is 8.74. The molecule has 2 rings (SSSR count). The van der Waals surface area contributed by atoms with Gasteiger partial charge in [0.05, 0.1) is 5.54 Å². The van der Waals surface area contributed by atoms with Gasteiger partial charge in [-0.15, -0.1) is 0 Å². The Labute approximate surface area is 130 Å². The van der Waals surface area contributed by atoms with Crippen LogP contribution in [0, 0.1) is 0 Å². The van der Waals surface area contributed by atoms with Crippen molar-refractivity contribution < 1.29 is 0 Å². The van der Waals surface area contributed by atoms with Crippen LogP contribution < -0.4 is 5.32 Å². The molecule has 0 aliphatic carbocycles. The summed E-state index contributed by atoms with van der Waals surface area (Å²) < 4.78 is 0. The van der Waals surface area contributed by atoms with Crippen molar-refractivity contribution in [3.63, 3.8) is 0 Å². The van der Waals surface area contributed by atoms with Gasteiger partial charge in [-0.05, 0) is 31.9 Å². The molecule has 0 bridgehead atoms. The van der Waals surface area contributed by atoms with Gasteiger partial charge in [-0.25, -0.2) is 0 Å². The first-order valence-corrected chi connectivity index (χ1v) is 8.74. The predicted molar refractivity (Wildman–Crippen MR) is 91.6 cm³/mol. The minimum atomic E-state index is 0.138. The predicted octanol–water partition coefficient (Wildman–Crippen LogP) is 4.17. The Bertz CT molecular complexity index is 403. The lowest BCUT2D eigenvalue weighted by molar-refractivity contribution is 0.0471. The molecule has 0 amide bonds. The summed E-state index contributed by atoms with van der Waals surface area (Å²) in [7, 11) is 0. The highest BCUT2D eigenvalue weighted by Gasteiger charge is 2.38. The monoisotopic (exact) mass is 288 g/mol. The van der Waals surface area contributed by atoms with E-state index in [1.807, 2.05) is 0 Å². The van der Waals surface area contributed by atoms with Gasteiger partial charge >= 0.3 is 0 Å². The van der Waals surface area contributed by atoms with Crippen LogP contribution >= 0.6 is 0 Å². The van der Waals surface area contributed by atoms with Gasteiger partial charge in [-0.3, -0.25) is 4.90 Å². The maximum atomic E-state index is 3.75. The highest BCUT2D eigenvalue weighted by molar-refractivity contribution is 5.25. The second kappa shape index (κ2) is 7.95. The number of nitrogens with one attached hydrogen (secondary N) is 1. The molecular weight excluding hydrogens is 256 g/mol. The Morgan fingerprint density at radius 3 is 2.57 bits per heavy atom. The van der Waals surface area contributed by atoms with E-state index in [9.17, 15) is 0 Å². The summed E-state index contributed by atoms with van der Waals surface area (Å²) >= 11 is 0. The SMILES string of the molecule is CCCCCCN1CC(CC)NCC1(C)c1ccccc1. The normalized spacial score (nSPS) is 26.9. The summed E-state index contributed by atoms with van der Waals surface area (Å²) in [6, 6.07) is 11.7. The topological polar surface area (TPSA) is 15.3 Å². The van der Waals surface area contributed by atoms with Crippen LogP contribution in [0.4, 0.5) is 0 Å². The number of hydrogen-bond acceptors (Lipinski definition) is 2. The highest BCUT2D eigenvalue weighted by atomic mass is 15.3. The van der Waals surface area contributed by atoms with Crippen molar-refractivity contribution in [2.75, 3.05) is 19.6 Å². The smallest absolute Gasteiger partial charge is 0.0558 e. The van der Waals surface area contributed by atoms with E-state index in [0.29, 0.717) is 6.04 Å². The maximum absolute atomic E-state index is 3.75. The lowest BCUT2D eigenvalue weighted by Gasteiger charge is -2.48. The summed E-state index contributed by atoms with van der Waals surface area (Å²) in [5.74, 6) is 0. The first-order chi connectivity index (χ1) is 10.2. The highest BCUT2D eigenvalue weighted by Crippen LogP contribution is 2.31.